The average Bonchev–Trinajstić information content (AvgIpc) is 2.84. The Morgan fingerprint density at radius 3 is 2.34 bits per heavy atom. The molecule has 0 spiro atoms. The average molecular weight is 531 g/mol. The lowest BCUT2D eigenvalue weighted by molar-refractivity contribution is -0.313. The Morgan fingerprint density at radius 1 is 1.00 bits per heavy atom. The van der Waals surface area contributed by atoms with Crippen molar-refractivity contribution in [3.8, 4) is 17.2 Å². The van der Waals surface area contributed by atoms with E-state index in [2.05, 4.69) is 0 Å². The van der Waals surface area contributed by atoms with Crippen LogP contribution in [0.3, 0.4) is 0 Å². The minimum absolute atomic E-state index is 0.0170. The van der Waals surface area contributed by atoms with Crippen LogP contribution in [0.1, 0.15) is 69.3 Å². The largest absolute Gasteiger partial charge is 0.507 e. The first kappa shape index (κ1) is 26.5. The van der Waals surface area contributed by atoms with E-state index in [1.165, 1.54) is 32.4 Å². The molecule has 0 unspecified atom stereocenters. The van der Waals surface area contributed by atoms with Crippen molar-refractivity contribution in [3.63, 3.8) is 0 Å². The Balaban J connectivity index is 1.62. The van der Waals surface area contributed by atoms with Gasteiger partial charge in [0.05, 0.1) is 36.0 Å². The molecule has 11 nitrogen and oxygen atoms in total. The lowest BCUT2D eigenvalue weighted by Crippen LogP contribution is -2.58. The topological polar surface area (TPSA) is 172 Å². The summed E-state index contributed by atoms with van der Waals surface area (Å²) in [7, 11) is 2.68. The summed E-state index contributed by atoms with van der Waals surface area (Å²) >= 11 is 0. The molecule has 204 valence electrons. The zero-order valence-electron chi connectivity index (χ0n) is 21.3. The Labute approximate surface area is 218 Å². The van der Waals surface area contributed by atoms with E-state index in [0.29, 0.717) is 5.56 Å². The quantitative estimate of drug-likeness (QED) is 0.327. The number of aliphatic hydroxyl groups excluding tert-OH is 2. The molecule has 0 bridgehead atoms. The number of benzene rings is 2. The van der Waals surface area contributed by atoms with Gasteiger partial charge in [-0.05, 0) is 31.5 Å². The lowest BCUT2D eigenvalue weighted by Gasteiger charge is -2.44. The molecule has 0 amide bonds. The second-order valence-electron chi connectivity index (χ2n) is 10.3. The van der Waals surface area contributed by atoms with Gasteiger partial charge in [-0.1, -0.05) is 0 Å². The van der Waals surface area contributed by atoms with E-state index < -0.39 is 65.5 Å². The summed E-state index contributed by atoms with van der Waals surface area (Å²) in [6.45, 7) is 3.13. The molecule has 0 saturated carbocycles. The highest BCUT2D eigenvalue weighted by molar-refractivity contribution is 6.30. The highest BCUT2D eigenvalue weighted by Gasteiger charge is 2.48. The zero-order valence-corrected chi connectivity index (χ0v) is 21.3. The maximum Gasteiger partial charge on any atom is 0.201 e. The van der Waals surface area contributed by atoms with Gasteiger partial charge in [0.25, 0.3) is 0 Å². The van der Waals surface area contributed by atoms with Crippen LogP contribution >= 0.6 is 0 Å². The number of hydrogen-bond donors (Lipinski definition) is 5. The van der Waals surface area contributed by atoms with Gasteiger partial charge in [-0.2, -0.15) is 0 Å². The number of ketones is 2. The Kier molecular flexibility index (Phi) is 6.49. The summed E-state index contributed by atoms with van der Waals surface area (Å²) < 4.78 is 22.3. The van der Waals surface area contributed by atoms with E-state index in [1.807, 2.05) is 0 Å². The zero-order chi connectivity index (χ0) is 27.7. The molecule has 5 rings (SSSR count). The van der Waals surface area contributed by atoms with Crippen LogP contribution in [0.15, 0.2) is 18.2 Å². The molecular weight excluding hydrogens is 500 g/mol. The fourth-order valence-corrected chi connectivity index (χ4v) is 5.68. The summed E-state index contributed by atoms with van der Waals surface area (Å²) in [6, 6.07) is 4.01. The highest BCUT2D eigenvalue weighted by atomic mass is 16.7. The minimum atomic E-state index is -1.33. The third kappa shape index (κ3) is 4.06. The molecule has 1 aliphatic heterocycles. The first-order valence-corrected chi connectivity index (χ1v) is 12.2. The van der Waals surface area contributed by atoms with Crippen molar-refractivity contribution in [1.29, 1.82) is 0 Å². The van der Waals surface area contributed by atoms with E-state index >= 15 is 0 Å². The monoisotopic (exact) mass is 530 g/mol. The number of aromatic hydroxyl groups is 2. The van der Waals surface area contributed by atoms with E-state index in [4.69, 9.17) is 18.9 Å². The molecule has 2 aromatic rings. The highest BCUT2D eigenvalue weighted by Crippen LogP contribution is 2.48. The number of rotatable bonds is 4. The molecule has 2 aromatic carbocycles. The number of aliphatic hydroxyl groups is 3. The number of phenols is 2. The van der Waals surface area contributed by atoms with Crippen molar-refractivity contribution < 1.29 is 54.1 Å². The van der Waals surface area contributed by atoms with Crippen LogP contribution in [0.2, 0.25) is 0 Å². The second kappa shape index (κ2) is 9.30. The molecule has 3 aliphatic rings. The third-order valence-corrected chi connectivity index (χ3v) is 7.57. The van der Waals surface area contributed by atoms with Crippen LogP contribution in [0, 0.1) is 0 Å². The number of ether oxygens (including phenoxy) is 4. The van der Waals surface area contributed by atoms with Gasteiger partial charge in [0.1, 0.15) is 35.6 Å². The fraction of sp³-hybridized carbons (Fsp3) is 0.481. The second-order valence-corrected chi connectivity index (χ2v) is 10.3. The summed E-state index contributed by atoms with van der Waals surface area (Å²) in [4.78, 5) is 27.0. The van der Waals surface area contributed by atoms with Crippen molar-refractivity contribution in [2.75, 3.05) is 14.2 Å². The van der Waals surface area contributed by atoms with Gasteiger partial charge in [-0.25, -0.2) is 0 Å². The standard InChI is InChI=1S/C27H30O11/c1-10-20(29)24(33)25(36-4)26(37-10)38-16-9-27(2,34)8-11-5-13-19(22(31)17(11)16)23(32)18-14(21(13)30)6-12(35-3)7-15(18)28/h5-7,10,16,20,24-26,28-29,31,33-34H,8-9H2,1-4H3/t10-,16-,20-,24-,25-,26-,27+/m0/s1. The SMILES string of the molecule is COc1cc(O)c2c(c1)C(=O)c1cc3c(c(O)c1C2=O)[C@@H](O[C@@H]1O[C@@H](C)[C@H](O)[C@H](O)[C@@H]1OC)C[C@](C)(O)C3. The molecule has 1 heterocycles. The smallest absolute Gasteiger partial charge is 0.201 e. The van der Waals surface area contributed by atoms with Crippen molar-refractivity contribution in [1.82, 2.24) is 0 Å². The predicted octanol–water partition coefficient (Wildman–Crippen LogP) is 1.12. The summed E-state index contributed by atoms with van der Waals surface area (Å²) in [5, 5.41) is 53.7. The van der Waals surface area contributed by atoms with Gasteiger partial charge in [0.15, 0.2) is 12.1 Å². The number of carbonyl (C=O) groups is 2. The van der Waals surface area contributed by atoms with Gasteiger partial charge in [0, 0.05) is 42.7 Å². The van der Waals surface area contributed by atoms with Crippen molar-refractivity contribution in [2.45, 2.75) is 69.1 Å². The molecule has 1 fully saturated rings. The molecular formula is C27H30O11. The minimum Gasteiger partial charge on any atom is -0.507 e. The van der Waals surface area contributed by atoms with Gasteiger partial charge < -0.3 is 44.5 Å². The van der Waals surface area contributed by atoms with Crippen LogP contribution in [-0.4, -0.2) is 87.6 Å². The summed E-state index contributed by atoms with van der Waals surface area (Å²) in [5.74, 6) is -2.12. The number of hydrogen-bond acceptors (Lipinski definition) is 11. The molecule has 0 radical (unpaired) electrons. The molecule has 2 aliphatic carbocycles. The molecule has 38 heavy (non-hydrogen) atoms. The Morgan fingerprint density at radius 2 is 1.68 bits per heavy atom. The maximum atomic E-state index is 13.5. The summed E-state index contributed by atoms with van der Waals surface area (Å²) in [5.41, 5.74) is -1.42. The summed E-state index contributed by atoms with van der Waals surface area (Å²) in [6.07, 6.45) is -6.64. The van der Waals surface area contributed by atoms with Crippen LogP contribution in [0.4, 0.5) is 0 Å². The molecule has 0 aromatic heterocycles. The Bertz CT molecular complexity index is 1320. The maximum absolute atomic E-state index is 13.5. The first-order valence-electron chi connectivity index (χ1n) is 12.2. The Hall–Kier alpha value is -3.06. The normalized spacial score (nSPS) is 32.4. The van der Waals surface area contributed by atoms with Gasteiger partial charge in [0.2, 0.25) is 5.78 Å². The van der Waals surface area contributed by atoms with E-state index in [1.54, 1.807) is 13.8 Å². The van der Waals surface area contributed by atoms with E-state index in [0.717, 1.165) is 0 Å². The van der Waals surface area contributed by atoms with E-state index in [-0.39, 0.29) is 46.4 Å². The van der Waals surface area contributed by atoms with Crippen molar-refractivity contribution in [2.24, 2.45) is 0 Å². The molecule has 11 heteroatoms. The van der Waals surface area contributed by atoms with Gasteiger partial charge in [-0.3, -0.25) is 9.59 Å². The molecule has 7 atom stereocenters. The van der Waals surface area contributed by atoms with Crippen LogP contribution in [0.25, 0.3) is 0 Å². The molecule has 1 saturated heterocycles. The van der Waals surface area contributed by atoms with Gasteiger partial charge >= 0.3 is 0 Å². The fourth-order valence-electron chi connectivity index (χ4n) is 5.68. The third-order valence-electron chi connectivity index (χ3n) is 7.57. The van der Waals surface area contributed by atoms with Crippen molar-refractivity contribution in [3.05, 3.63) is 51.6 Å². The van der Waals surface area contributed by atoms with Crippen LogP contribution < -0.4 is 4.74 Å². The van der Waals surface area contributed by atoms with E-state index in [9.17, 15) is 35.1 Å². The van der Waals surface area contributed by atoms with Crippen LogP contribution in [0.5, 0.6) is 17.2 Å². The number of carbonyl (C=O) groups excluding carboxylic acids is 2. The lowest BCUT2D eigenvalue weighted by atomic mass is 9.74. The first-order chi connectivity index (χ1) is 17.9. The number of fused-ring (bicyclic) bond motifs is 3. The number of phenolic OH excluding ortho intramolecular Hbond substituents is 2. The van der Waals surface area contributed by atoms with Crippen molar-refractivity contribution >= 4 is 11.6 Å². The predicted molar refractivity (Wildman–Crippen MR) is 130 cm³/mol. The number of methoxy groups -OCH3 is 2. The molecule has 5 N–H and O–H groups in total. The van der Waals surface area contributed by atoms with Crippen LogP contribution in [-0.2, 0) is 20.6 Å². The van der Waals surface area contributed by atoms with Gasteiger partial charge in [-0.15, -0.1) is 0 Å².